The molecular formula is C15H18N2O4. The first-order valence-corrected chi connectivity index (χ1v) is 7.01. The Kier molecular flexibility index (Phi) is 3.79. The minimum absolute atomic E-state index is 0.0354. The fourth-order valence-corrected chi connectivity index (χ4v) is 3.03. The highest BCUT2D eigenvalue weighted by Gasteiger charge is 2.51. The Bertz CT molecular complexity index is 534. The standard InChI is InChI=1S/C15H18N2O4/c1-20-13-12-11(16-14(13)18)7-8-17(12)15(19)21-9-10-5-3-2-4-6-10/h2-6,11-13H,7-9H2,1H3,(H,16,18)/t11-,12-,13+/m0/s1. The molecule has 6 heteroatoms. The van der Waals surface area contributed by atoms with Crippen molar-refractivity contribution in [2.24, 2.45) is 0 Å². The summed E-state index contributed by atoms with van der Waals surface area (Å²) < 4.78 is 10.6. The number of carbonyl (C=O) groups is 2. The maximum absolute atomic E-state index is 12.2. The van der Waals surface area contributed by atoms with E-state index in [-0.39, 0.29) is 24.6 Å². The molecule has 2 aliphatic rings. The molecule has 2 heterocycles. The molecule has 1 aromatic carbocycles. The van der Waals surface area contributed by atoms with Gasteiger partial charge in [-0.3, -0.25) is 9.69 Å². The van der Waals surface area contributed by atoms with E-state index in [9.17, 15) is 9.59 Å². The lowest BCUT2D eigenvalue weighted by molar-refractivity contribution is -0.129. The molecule has 0 aromatic heterocycles. The normalized spacial score (nSPS) is 27.4. The summed E-state index contributed by atoms with van der Waals surface area (Å²) in [5.41, 5.74) is 0.936. The molecule has 0 unspecified atom stereocenters. The van der Waals surface area contributed by atoms with Crippen molar-refractivity contribution < 1.29 is 19.1 Å². The van der Waals surface area contributed by atoms with Gasteiger partial charge in [-0.1, -0.05) is 30.3 Å². The molecule has 21 heavy (non-hydrogen) atoms. The minimum atomic E-state index is -0.609. The number of benzene rings is 1. The SMILES string of the molecule is CO[C@H]1C(=O)N[C@H]2CCN(C(=O)OCc3ccccc3)[C@@H]21. The second-order valence-electron chi connectivity index (χ2n) is 5.28. The van der Waals surface area contributed by atoms with Gasteiger partial charge in [-0.2, -0.15) is 0 Å². The third-order valence-corrected chi connectivity index (χ3v) is 4.04. The number of nitrogens with one attached hydrogen (secondary N) is 1. The first-order chi connectivity index (χ1) is 10.2. The fourth-order valence-electron chi connectivity index (χ4n) is 3.03. The average molecular weight is 290 g/mol. The third-order valence-electron chi connectivity index (χ3n) is 4.04. The average Bonchev–Trinajstić information content (AvgIpc) is 3.03. The van der Waals surface area contributed by atoms with Crippen LogP contribution < -0.4 is 5.32 Å². The quantitative estimate of drug-likeness (QED) is 0.898. The summed E-state index contributed by atoms with van der Waals surface area (Å²) >= 11 is 0. The second-order valence-corrected chi connectivity index (χ2v) is 5.28. The van der Waals surface area contributed by atoms with E-state index in [0.29, 0.717) is 6.54 Å². The molecule has 0 aliphatic carbocycles. The van der Waals surface area contributed by atoms with E-state index < -0.39 is 12.2 Å². The maximum Gasteiger partial charge on any atom is 0.410 e. The predicted molar refractivity (Wildman–Crippen MR) is 74.5 cm³/mol. The molecule has 0 saturated carbocycles. The van der Waals surface area contributed by atoms with Gasteiger partial charge >= 0.3 is 6.09 Å². The largest absolute Gasteiger partial charge is 0.445 e. The number of nitrogens with zero attached hydrogens (tertiary/aromatic N) is 1. The van der Waals surface area contributed by atoms with Gasteiger partial charge in [0.2, 0.25) is 0 Å². The van der Waals surface area contributed by atoms with Crippen molar-refractivity contribution >= 4 is 12.0 Å². The van der Waals surface area contributed by atoms with Gasteiger partial charge in [0.05, 0.1) is 12.1 Å². The lowest BCUT2D eigenvalue weighted by Crippen LogP contribution is -2.45. The Hall–Kier alpha value is -2.08. The number of rotatable bonds is 3. The predicted octanol–water partition coefficient (Wildman–Crippen LogP) is 0.911. The van der Waals surface area contributed by atoms with Crippen LogP contribution in [0.1, 0.15) is 12.0 Å². The molecule has 0 spiro atoms. The van der Waals surface area contributed by atoms with Crippen LogP contribution in [0.4, 0.5) is 4.79 Å². The summed E-state index contributed by atoms with van der Waals surface area (Å²) in [7, 11) is 1.48. The van der Waals surface area contributed by atoms with Crippen LogP contribution in [-0.4, -0.2) is 48.7 Å². The number of likely N-dealkylation sites (tertiary alicyclic amines) is 1. The van der Waals surface area contributed by atoms with Crippen molar-refractivity contribution in [1.82, 2.24) is 10.2 Å². The Morgan fingerprint density at radius 2 is 2.14 bits per heavy atom. The van der Waals surface area contributed by atoms with Crippen molar-refractivity contribution in [2.75, 3.05) is 13.7 Å². The van der Waals surface area contributed by atoms with Crippen LogP contribution >= 0.6 is 0 Å². The molecular weight excluding hydrogens is 272 g/mol. The van der Waals surface area contributed by atoms with Crippen LogP contribution in [0, 0.1) is 0 Å². The van der Waals surface area contributed by atoms with E-state index in [1.54, 1.807) is 4.90 Å². The molecule has 0 bridgehead atoms. The van der Waals surface area contributed by atoms with E-state index in [0.717, 1.165) is 12.0 Å². The van der Waals surface area contributed by atoms with Crippen LogP contribution in [-0.2, 0) is 20.9 Å². The number of hydrogen-bond donors (Lipinski definition) is 1. The van der Waals surface area contributed by atoms with Gasteiger partial charge in [0.15, 0.2) is 6.10 Å². The number of carbonyl (C=O) groups excluding carboxylic acids is 2. The van der Waals surface area contributed by atoms with Gasteiger partial charge in [-0.25, -0.2) is 4.79 Å². The third kappa shape index (κ3) is 2.58. The number of hydrogen-bond acceptors (Lipinski definition) is 4. The van der Waals surface area contributed by atoms with Gasteiger partial charge < -0.3 is 14.8 Å². The van der Waals surface area contributed by atoms with E-state index in [1.807, 2.05) is 30.3 Å². The molecule has 1 N–H and O–H groups in total. The van der Waals surface area contributed by atoms with Gasteiger partial charge in [0.1, 0.15) is 6.61 Å². The van der Waals surface area contributed by atoms with Gasteiger partial charge in [0.25, 0.3) is 5.91 Å². The van der Waals surface area contributed by atoms with Crippen molar-refractivity contribution in [3.8, 4) is 0 Å². The minimum Gasteiger partial charge on any atom is -0.445 e. The van der Waals surface area contributed by atoms with Crippen molar-refractivity contribution in [1.29, 1.82) is 0 Å². The molecule has 2 amide bonds. The lowest BCUT2D eigenvalue weighted by atomic mass is 10.1. The van der Waals surface area contributed by atoms with Gasteiger partial charge in [-0.15, -0.1) is 0 Å². The Morgan fingerprint density at radius 1 is 1.38 bits per heavy atom. The van der Waals surface area contributed by atoms with E-state index in [4.69, 9.17) is 9.47 Å². The molecule has 2 fully saturated rings. The summed E-state index contributed by atoms with van der Waals surface area (Å²) in [6.07, 6.45) is -0.275. The highest BCUT2D eigenvalue weighted by Crippen LogP contribution is 2.28. The summed E-state index contributed by atoms with van der Waals surface area (Å²) in [6.45, 7) is 0.801. The van der Waals surface area contributed by atoms with Crippen LogP contribution in [0.15, 0.2) is 30.3 Å². The van der Waals surface area contributed by atoms with E-state index in [1.165, 1.54) is 7.11 Å². The smallest absolute Gasteiger partial charge is 0.410 e. The molecule has 0 radical (unpaired) electrons. The van der Waals surface area contributed by atoms with Crippen LogP contribution in [0.3, 0.4) is 0 Å². The Balaban J connectivity index is 1.64. The van der Waals surface area contributed by atoms with Crippen LogP contribution in [0.2, 0.25) is 0 Å². The summed E-state index contributed by atoms with van der Waals surface area (Å²) in [5, 5.41) is 2.86. The Morgan fingerprint density at radius 3 is 2.86 bits per heavy atom. The van der Waals surface area contributed by atoms with Crippen LogP contribution in [0.25, 0.3) is 0 Å². The first kappa shape index (κ1) is 13.9. The fraction of sp³-hybridized carbons (Fsp3) is 0.467. The molecule has 3 rings (SSSR count). The molecule has 3 atom stereocenters. The molecule has 1 aromatic rings. The van der Waals surface area contributed by atoms with Gasteiger partial charge in [-0.05, 0) is 12.0 Å². The lowest BCUT2D eigenvalue weighted by Gasteiger charge is -2.25. The maximum atomic E-state index is 12.2. The van der Waals surface area contributed by atoms with Crippen molar-refractivity contribution in [3.63, 3.8) is 0 Å². The summed E-state index contributed by atoms with van der Waals surface area (Å²) in [5.74, 6) is -0.159. The van der Waals surface area contributed by atoms with Gasteiger partial charge in [0, 0.05) is 13.7 Å². The molecule has 2 aliphatic heterocycles. The highest BCUT2D eigenvalue weighted by molar-refractivity contribution is 5.86. The van der Waals surface area contributed by atoms with Crippen molar-refractivity contribution in [3.05, 3.63) is 35.9 Å². The monoisotopic (exact) mass is 290 g/mol. The molecule has 112 valence electrons. The number of fused-ring (bicyclic) bond motifs is 1. The topological polar surface area (TPSA) is 67.9 Å². The Labute approximate surface area is 123 Å². The first-order valence-electron chi connectivity index (χ1n) is 7.01. The highest BCUT2D eigenvalue weighted by atomic mass is 16.6. The number of methoxy groups -OCH3 is 1. The van der Waals surface area contributed by atoms with E-state index in [2.05, 4.69) is 5.32 Å². The zero-order chi connectivity index (χ0) is 14.8. The van der Waals surface area contributed by atoms with Crippen LogP contribution in [0.5, 0.6) is 0 Å². The molecule has 2 saturated heterocycles. The summed E-state index contributed by atoms with van der Waals surface area (Å²) in [6, 6.07) is 9.20. The molecule has 6 nitrogen and oxygen atoms in total. The zero-order valence-electron chi connectivity index (χ0n) is 11.8. The second kappa shape index (κ2) is 5.73. The number of amides is 2. The van der Waals surface area contributed by atoms with E-state index >= 15 is 0 Å². The summed E-state index contributed by atoms with van der Waals surface area (Å²) in [4.78, 5) is 25.6. The number of ether oxygens (including phenoxy) is 2. The zero-order valence-corrected chi connectivity index (χ0v) is 11.8. The van der Waals surface area contributed by atoms with Crippen molar-refractivity contribution in [2.45, 2.75) is 31.2 Å².